The van der Waals surface area contributed by atoms with Crippen molar-refractivity contribution in [3.63, 3.8) is 0 Å². The van der Waals surface area contributed by atoms with Gasteiger partial charge in [-0.3, -0.25) is 14.5 Å². The van der Waals surface area contributed by atoms with Crippen LogP contribution in [0.25, 0.3) is 0 Å². The zero-order valence-electron chi connectivity index (χ0n) is 11.4. The fourth-order valence-electron chi connectivity index (χ4n) is 3.11. The number of hydrogen-bond acceptors (Lipinski definition) is 3. The monoisotopic (exact) mass is 294 g/mol. The van der Waals surface area contributed by atoms with Crippen LogP contribution in [0.1, 0.15) is 32.1 Å². The van der Waals surface area contributed by atoms with Crippen LogP contribution >= 0.6 is 0 Å². The molecule has 1 saturated carbocycles. The van der Waals surface area contributed by atoms with Gasteiger partial charge in [-0.25, -0.2) is 8.78 Å². The maximum atomic E-state index is 13.6. The van der Waals surface area contributed by atoms with E-state index >= 15 is 0 Å². The van der Waals surface area contributed by atoms with Gasteiger partial charge in [-0.05, 0) is 31.0 Å². The van der Waals surface area contributed by atoms with Gasteiger partial charge in [0.1, 0.15) is 17.7 Å². The van der Waals surface area contributed by atoms with Gasteiger partial charge in [0.2, 0.25) is 5.91 Å². The Morgan fingerprint density at radius 2 is 1.86 bits per heavy atom. The summed E-state index contributed by atoms with van der Waals surface area (Å²) in [7, 11) is 0. The van der Waals surface area contributed by atoms with E-state index in [0.29, 0.717) is 0 Å². The molecule has 2 fully saturated rings. The highest BCUT2D eigenvalue weighted by molar-refractivity contribution is 6.07. The lowest BCUT2D eigenvalue weighted by atomic mass is 10.2. The SMILES string of the molecule is O=C1CC(Nc2cc(F)ccc2F)C(=O)N1C1CCCC1. The predicted octanol–water partition coefficient (Wildman–Crippen LogP) is 2.45. The number of nitrogens with one attached hydrogen (secondary N) is 1. The van der Waals surface area contributed by atoms with Crippen molar-refractivity contribution in [3.05, 3.63) is 29.8 Å². The Morgan fingerprint density at radius 1 is 1.14 bits per heavy atom. The Bertz CT molecular complexity index is 585. The van der Waals surface area contributed by atoms with Crippen LogP contribution < -0.4 is 5.32 Å². The van der Waals surface area contributed by atoms with Crippen LogP contribution in [0.2, 0.25) is 0 Å². The quantitative estimate of drug-likeness (QED) is 0.871. The van der Waals surface area contributed by atoms with Gasteiger partial charge in [0.25, 0.3) is 5.91 Å². The first-order chi connectivity index (χ1) is 10.1. The second kappa shape index (κ2) is 5.42. The number of benzene rings is 1. The lowest BCUT2D eigenvalue weighted by Crippen LogP contribution is -2.41. The predicted molar refractivity (Wildman–Crippen MR) is 72.5 cm³/mol. The van der Waals surface area contributed by atoms with E-state index < -0.39 is 17.7 Å². The van der Waals surface area contributed by atoms with E-state index in [2.05, 4.69) is 5.32 Å². The van der Waals surface area contributed by atoms with Gasteiger partial charge < -0.3 is 5.32 Å². The van der Waals surface area contributed by atoms with Crippen molar-refractivity contribution in [3.8, 4) is 0 Å². The molecule has 1 unspecified atom stereocenters. The molecule has 0 radical (unpaired) electrons. The van der Waals surface area contributed by atoms with Gasteiger partial charge in [-0.1, -0.05) is 12.8 Å². The number of imide groups is 1. The second-order valence-electron chi connectivity index (χ2n) is 5.57. The molecule has 3 rings (SSSR count). The first kappa shape index (κ1) is 14.0. The van der Waals surface area contributed by atoms with E-state index in [9.17, 15) is 18.4 Å². The number of amides is 2. The van der Waals surface area contributed by atoms with Crippen molar-refractivity contribution in [2.24, 2.45) is 0 Å². The molecule has 1 atom stereocenters. The second-order valence-corrected chi connectivity index (χ2v) is 5.57. The molecule has 1 aromatic carbocycles. The third kappa shape index (κ3) is 2.62. The van der Waals surface area contributed by atoms with Crippen molar-refractivity contribution >= 4 is 17.5 Å². The molecule has 1 aliphatic carbocycles. The molecule has 112 valence electrons. The van der Waals surface area contributed by atoms with Gasteiger partial charge in [0.15, 0.2) is 0 Å². The van der Waals surface area contributed by atoms with E-state index in [-0.39, 0.29) is 30.0 Å². The number of nitrogens with zero attached hydrogens (tertiary/aromatic N) is 1. The summed E-state index contributed by atoms with van der Waals surface area (Å²) < 4.78 is 26.8. The number of anilines is 1. The van der Waals surface area contributed by atoms with Gasteiger partial charge >= 0.3 is 0 Å². The number of hydrogen-bond donors (Lipinski definition) is 1. The van der Waals surface area contributed by atoms with Crippen molar-refractivity contribution in [1.82, 2.24) is 4.90 Å². The molecule has 4 nitrogen and oxygen atoms in total. The molecule has 1 aromatic rings. The van der Waals surface area contributed by atoms with Crippen LogP contribution in [0.4, 0.5) is 14.5 Å². The third-order valence-electron chi connectivity index (χ3n) is 4.13. The van der Waals surface area contributed by atoms with E-state index in [4.69, 9.17) is 0 Å². The summed E-state index contributed by atoms with van der Waals surface area (Å²) in [5.41, 5.74) is -0.0885. The highest BCUT2D eigenvalue weighted by Gasteiger charge is 2.43. The molecule has 6 heteroatoms. The Hall–Kier alpha value is -1.98. The molecule has 1 saturated heterocycles. The highest BCUT2D eigenvalue weighted by atomic mass is 19.1. The fourth-order valence-corrected chi connectivity index (χ4v) is 3.11. The Morgan fingerprint density at radius 3 is 2.57 bits per heavy atom. The summed E-state index contributed by atoms with van der Waals surface area (Å²) in [6.45, 7) is 0. The smallest absolute Gasteiger partial charge is 0.252 e. The molecule has 21 heavy (non-hydrogen) atoms. The van der Waals surface area contributed by atoms with E-state index in [0.717, 1.165) is 43.9 Å². The molecule has 1 N–H and O–H groups in total. The third-order valence-corrected chi connectivity index (χ3v) is 4.13. The maximum Gasteiger partial charge on any atom is 0.252 e. The summed E-state index contributed by atoms with van der Waals surface area (Å²) in [6, 6.07) is 2.15. The van der Waals surface area contributed by atoms with Crippen LogP contribution in [-0.4, -0.2) is 28.8 Å². The van der Waals surface area contributed by atoms with Crippen molar-refractivity contribution < 1.29 is 18.4 Å². The number of rotatable bonds is 3. The summed E-state index contributed by atoms with van der Waals surface area (Å²) in [4.78, 5) is 25.7. The van der Waals surface area contributed by atoms with Gasteiger partial charge in [0.05, 0.1) is 12.1 Å². The molecule has 0 bridgehead atoms. The van der Waals surface area contributed by atoms with E-state index in [1.807, 2.05) is 0 Å². The number of halogens is 2. The first-order valence-electron chi connectivity index (χ1n) is 7.14. The molecule has 1 heterocycles. The highest BCUT2D eigenvalue weighted by Crippen LogP contribution is 2.29. The lowest BCUT2D eigenvalue weighted by Gasteiger charge is -2.22. The van der Waals surface area contributed by atoms with E-state index in [1.54, 1.807) is 0 Å². The Labute approximate surface area is 121 Å². The summed E-state index contributed by atoms with van der Waals surface area (Å²) in [5.74, 6) is -1.81. The van der Waals surface area contributed by atoms with Crippen LogP contribution in [-0.2, 0) is 9.59 Å². The average molecular weight is 294 g/mol. The molecular formula is C15H16F2N2O2. The van der Waals surface area contributed by atoms with Crippen molar-refractivity contribution in [1.29, 1.82) is 0 Å². The van der Waals surface area contributed by atoms with Crippen LogP contribution in [0.5, 0.6) is 0 Å². The average Bonchev–Trinajstić information content (AvgIpc) is 3.03. The Kier molecular flexibility index (Phi) is 3.61. The molecule has 1 aliphatic heterocycles. The van der Waals surface area contributed by atoms with Crippen molar-refractivity contribution in [2.75, 3.05) is 5.32 Å². The lowest BCUT2D eigenvalue weighted by molar-refractivity contribution is -0.141. The Balaban J connectivity index is 1.76. The van der Waals surface area contributed by atoms with Crippen LogP contribution in [0.3, 0.4) is 0 Å². The molecule has 2 aliphatic rings. The van der Waals surface area contributed by atoms with Crippen LogP contribution in [0, 0.1) is 11.6 Å². The molecular weight excluding hydrogens is 278 g/mol. The normalized spacial score (nSPS) is 23.1. The topological polar surface area (TPSA) is 49.4 Å². The zero-order chi connectivity index (χ0) is 15.0. The fraction of sp³-hybridized carbons (Fsp3) is 0.467. The van der Waals surface area contributed by atoms with Gasteiger partial charge in [-0.2, -0.15) is 0 Å². The molecule has 2 amide bonds. The summed E-state index contributed by atoms with van der Waals surface area (Å²) >= 11 is 0. The minimum atomic E-state index is -0.811. The van der Waals surface area contributed by atoms with E-state index in [1.165, 1.54) is 4.90 Å². The summed E-state index contributed by atoms with van der Waals surface area (Å²) in [6.07, 6.45) is 3.68. The van der Waals surface area contributed by atoms with Gasteiger partial charge in [0, 0.05) is 6.04 Å². The number of likely N-dealkylation sites (tertiary alicyclic amines) is 1. The standard InChI is InChI=1S/C15H16F2N2O2/c16-9-5-6-11(17)12(7-9)18-13-8-14(20)19(15(13)21)10-3-1-2-4-10/h5-7,10,13,18H,1-4,8H2. The van der Waals surface area contributed by atoms with Crippen molar-refractivity contribution in [2.45, 2.75) is 44.2 Å². The molecule has 0 aromatic heterocycles. The van der Waals surface area contributed by atoms with Gasteiger partial charge in [-0.15, -0.1) is 0 Å². The maximum absolute atomic E-state index is 13.6. The van der Waals surface area contributed by atoms with Crippen LogP contribution in [0.15, 0.2) is 18.2 Å². The minimum Gasteiger partial charge on any atom is -0.371 e. The zero-order valence-corrected chi connectivity index (χ0v) is 11.4. The summed E-state index contributed by atoms with van der Waals surface area (Å²) in [5, 5.41) is 2.66. The molecule has 0 spiro atoms. The largest absolute Gasteiger partial charge is 0.371 e. The first-order valence-corrected chi connectivity index (χ1v) is 7.14. The number of carbonyl (C=O) groups excluding carboxylic acids is 2. The minimum absolute atomic E-state index is 0.00864. The number of carbonyl (C=O) groups is 2.